The Morgan fingerprint density at radius 2 is 1.80 bits per heavy atom. The summed E-state index contributed by atoms with van der Waals surface area (Å²) in [7, 11) is -16.8. The van der Waals surface area contributed by atoms with Crippen LogP contribution >= 0.6 is 39.4 Å². The number of nitrogens with zero attached hydrogens (tertiary/aromatic N) is 2. The topological polar surface area (TPSA) is 270 Å². The molecule has 0 radical (unpaired) electrons. The minimum Gasteiger partial charge on any atom is -0.505 e. The first-order valence-corrected chi connectivity index (χ1v) is 12.4. The molecule has 17 nitrogen and oxygen atoms in total. The van der Waals surface area contributed by atoms with Crippen LogP contribution in [0.4, 0.5) is 5.82 Å². The van der Waals surface area contributed by atoms with E-state index in [1.54, 1.807) is 0 Å². The van der Waals surface area contributed by atoms with Gasteiger partial charge in [-0.2, -0.15) is 13.6 Å². The molecule has 0 bridgehead atoms. The number of nitrogen functional groups attached to an aromatic ring is 1. The molecule has 21 heteroatoms. The highest BCUT2D eigenvalue weighted by Crippen LogP contribution is 2.66. The van der Waals surface area contributed by atoms with Crippen LogP contribution in [0.2, 0.25) is 0 Å². The number of phosphoric acid groups is 3. The van der Waals surface area contributed by atoms with E-state index in [9.17, 15) is 33.6 Å². The number of aliphatic hydroxyl groups is 2. The van der Waals surface area contributed by atoms with Crippen LogP contribution in [0.5, 0.6) is 0 Å². The molecule has 0 saturated carbocycles. The van der Waals surface area contributed by atoms with E-state index >= 15 is 0 Å². The van der Waals surface area contributed by atoms with Crippen molar-refractivity contribution in [3.63, 3.8) is 0 Å². The Morgan fingerprint density at radius 1 is 1.20 bits per heavy atom. The zero-order valence-corrected chi connectivity index (χ0v) is 18.3. The van der Waals surface area contributed by atoms with Gasteiger partial charge in [0, 0.05) is 6.20 Å². The van der Waals surface area contributed by atoms with E-state index in [4.69, 9.17) is 25.2 Å². The minimum atomic E-state index is -5.74. The lowest BCUT2D eigenvalue weighted by Crippen LogP contribution is -2.29. The maximum atomic E-state index is 11.9. The molecule has 0 fully saturated rings. The Balaban J connectivity index is 2.11. The maximum absolute atomic E-state index is 11.9. The van der Waals surface area contributed by atoms with E-state index in [0.717, 1.165) is 6.20 Å². The number of hydrogen-bond donors (Lipinski definition) is 7. The molecule has 3 unspecified atom stereocenters. The Morgan fingerprint density at radius 3 is 2.37 bits per heavy atom. The van der Waals surface area contributed by atoms with Gasteiger partial charge in [-0.3, -0.25) is 4.52 Å². The van der Waals surface area contributed by atoms with Gasteiger partial charge in [0.15, 0.2) is 18.0 Å². The molecule has 30 heavy (non-hydrogen) atoms. The lowest BCUT2D eigenvalue weighted by atomic mass is 10.2. The van der Waals surface area contributed by atoms with Crippen LogP contribution in [0, 0.1) is 0 Å². The lowest BCUT2D eigenvalue weighted by Gasteiger charge is -2.19. The predicted octanol–water partition coefficient (Wildman–Crippen LogP) is -0.625. The molecule has 170 valence electrons. The second-order valence-electron chi connectivity index (χ2n) is 5.30. The molecule has 0 spiro atoms. The van der Waals surface area contributed by atoms with Crippen molar-refractivity contribution in [2.24, 2.45) is 0 Å². The standard InChI is InChI=1S/C9H13BrN3O14P3/c10-3-1-13(9(16)12-7(3)11)8-6(15)5(14)4(25-8)2-24-29(20,21)27-30(22,23)26-28(17,18)19/h1,4-5,14-15H,2H2,(H,20,21)(H,22,23)(H2,11,12,16)(H2,17,18,19)/t4-,5?/m1/s1. The average molecular weight is 560 g/mol. The number of aliphatic hydroxyl groups excluding tert-OH is 2. The highest BCUT2D eigenvalue weighted by molar-refractivity contribution is 9.10. The second kappa shape index (κ2) is 8.78. The predicted molar refractivity (Wildman–Crippen MR) is 97.2 cm³/mol. The SMILES string of the molecule is Nc1nc(=O)n(C2=C(O)C(O)[C@@H](COP(=O)(O)OP(=O)(O)OP(=O)(O)O)O2)cc1Br. The van der Waals surface area contributed by atoms with E-state index in [2.05, 4.69) is 34.1 Å². The van der Waals surface area contributed by atoms with Crippen LogP contribution in [0.25, 0.3) is 5.88 Å². The van der Waals surface area contributed by atoms with Crippen molar-refractivity contribution < 1.29 is 61.4 Å². The summed E-state index contributed by atoms with van der Waals surface area (Å²) in [6.07, 6.45) is -2.48. The fraction of sp³-hybridized carbons (Fsp3) is 0.333. The Kier molecular flexibility index (Phi) is 7.36. The number of anilines is 1. The molecule has 2 heterocycles. The van der Waals surface area contributed by atoms with Crippen LogP contribution in [0.15, 0.2) is 21.2 Å². The zero-order valence-electron chi connectivity index (χ0n) is 14.1. The summed E-state index contributed by atoms with van der Waals surface area (Å²) in [5.74, 6) is -1.70. The van der Waals surface area contributed by atoms with E-state index in [1.165, 1.54) is 0 Å². The van der Waals surface area contributed by atoms with Crippen molar-refractivity contribution in [1.29, 1.82) is 0 Å². The third-order valence-corrected chi connectivity index (χ3v) is 7.47. The van der Waals surface area contributed by atoms with Gasteiger partial charge in [-0.05, 0) is 15.9 Å². The lowest BCUT2D eigenvalue weighted by molar-refractivity contribution is 0.0128. The molecule has 1 aromatic rings. The summed E-state index contributed by atoms with van der Waals surface area (Å²) >= 11 is 2.98. The number of aromatic nitrogens is 2. The number of ether oxygens (including phenoxy) is 1. The monoisotopic (exact) mass is 559 g/mol. The molecule has 1 aromatic heterocycles. The normalized spacial score (nSPS) is 23.7. The molecule has 2 rings (SSSR count). The third kappa shape index (κ3) is 6.43. The van der Waals surface area contributed by atoms with Gasteiger partial charge in [0.2, 0.25) is 5.88 Å². The second-order valence-corrected chi connectivity index (χ2v) is 10.6. The van der Waals surface area contributed by atoms with E-state index in [-0.39, 0.29) is 10.3 Å². The molecule has 1 aliphatic heterocycles. The summed E-state index contributed by atoms with van der Waals surface area (Å²) in [5, 5.41) is 19.9. The number of nitrogens with two attached hydrogens (primary N) is 1. The number of phosphoric ester groups is 1. The summed E-state index contributed by atoms with van der Waals surface area (Å²) in [6, 6.07) is 0. The molecular weight excluding hydrogens is 547 g/mol. The van der Waals surface area contributed by atoms with Gasteiger partial charge in [-0.1, -0.05) is 0 Å². The van der Waals surface area contributed by atoms with Crippen molar-refractivity contribution in [2.75, 3.05) is 12.3 Å². The fourth-order valence-corrected chi connectivity index (χ4v) is 5.26. The van der Waals surface area contributed by atoms with Gasteiger partial charge in [0.1, 0.15) is 5.82 Å². The van der Waals surface area contributed by atoms with Crippen LogP contribution < -0.4 is 11.4 Å². The highest BCUT2D eigenvalue weighted by Gasteiger charge is 2.43. The zero-order chi connectivity index (χ0) is 23.1. The summed E-state index contributed by atoms with van der Waals surface area (Å²) in [4.78, 5) is 50.7. The Labute approximate surface area is 173 Å². The summed E-state index contributed by atoms with van der Waals surface area (Å²) in [5.41, 5.74) is 4.41. The largest absolute Gasteiger partial charge is 0.505 e. The van der Waals surface area contributed by atoms with Crippen LogP contribution in [-0.2, 0) is 31.6 Å². The van der Waals surface area contributed by atoms with Crippen molar-refractivity contribution in [3.8, 4) is 0 Å². The first-order chi connectivity index (χ1) is 13.5. The van der Waals surface area contributed by atoms with Gasteiger partial charge in [-0.25, -0.2) is 23.1 Å². The minimum absolute atomic E-state index is 0.122. The van der Waals surface area contributed by atoms with Crippen molar-refractivity contribution >= 4 is 51.1 Å². The number of halogens is 1. The van der Waals surface area contributed by atoms with E-state index in [1.807, 2.05) is 0 Å². The van der Waals surface area contributed by atoms with Crippen LogP contribution in [-0.4, -0.2) is 58.2 Å². The first kappa shape index (κ1) is 25.1. The molecule has 0 aliphatic carbocycles. The fourth-order valence-electron chi connectivity index (χ4n) is 1.94. The molecule has 4 atom stereocenters. The molecular formula is C9H13BrN3O14P3. The smallest absolute Gasteiger partial charge is 0.490 e. The number of hydrogen-bond acceptors (Lipinski definition) is 12. The van der Waals surface area contributed by atoms with Gasteiger partial charge in [0.05, 0.1) is 11.1 Å². The molecule has 0 aromatic carbocycles. The van der Waals surface area contributed by atoms with Crippen molar-refractivity contribution in [3.05, 3.63) is 26.9 Å². The number of rotatable bonds is 8. The van der Waals surface area contributed by atoms with Gasteiger partial charge >= 0.3 is 29.2 Å². The maximum Gasteiger partial charge on any atom is 0.490 e. The van der Waals surface area contributed by atoms with E-state index in [0.29, 0.717) is 4.57 Å². The third-order valence-electron chi connectivity index (χ3n) is 3.06. The van der Waals surface area contributed by atoms with Gasteiger partial charge in [0.25, 0.3) is 0 Å². The molecule has 1 aliphatic rings. The van der Waals surface area contributed by atoms with Crippen LogP contribution in [0.1, 0.15) is 0 Å². The van der Waals surface area contributed by atoms with Gasteiger partial charge < -0.3 is 40.3 Å². The van der Waals surface area contributed by atoms with Gasteiger partial charge in [-0.15, -0.1) is 0 Å². The average Bonchev–Trinajstić information content (AvgIpc) is 2.81. The highest BCUT2D eigenvalue weighted by atomic mass is 79.9. The van der Waals surface area contributed by atoms with E-state index < -0.39 is 59.6 Å². The molecule has 0 saturated heterocycles. The Bertz CT molecular complexity index is 1070. The van der Waals surface area contributed by atoms with Crippen molar-refractivity contribution in [2.45, 2.75) is 12.2 Å². The molecule has 0 amide bonds. The quantitative estimate of drug-likeness (QED) is 0.195. The first-order valence-electron chi connectivity index (χ1n) is 7.12. The van der Waals surface area contributed by atoms with Crippen molar-refractivity contribution in [1.82, 2.24) is 9.55 Å². The summed E-state index contributed by atoms with van der Waals surface area (Å²) < 4.78 is 50.7. The van der Waals surface area contributed by atoms with Crippen LogP contribution in [0.3, 0.4) is 0 Å². The molecule has 8 N–H and O–H groups in total. The Hall–Kier alpha value is -1.13. The summed E-state index contributed by atoms with van der Waals surface area (Å²) in [6.45, 7) is -1.07.